The minimum absolute atomic E-state index is 0.824. The molecule has 0 heterocycles. The number of rotatable bonds is 1. The molecule has 0 fully saturated rings. The first-order chi connectivity index (χ1) is 6.31. The van der Waals surface area contributed by atoms with Crippen LogP contribution >= 0.6 is 34.2 Å². The predicted octanol–water partition coefficient (Wildman–Crippen LogP) is 4.43. The number of fused-ring (bicyclic) bond motifs is 1. The van der Waals surface area contributed by atoms with Crippen LogP contribution in [0.5, 0.6) is 0 Å². The Balaban J connectivity index is 2.81. The van der Waals surface area contributed by atoms with E-state index >= 15 is 0 Å². The van der Waals surface area contributed by atoms with Crippen molar-refractivity contribution in [3.05, 3.63) is 47.0 Å². The summed E-state index contributed by atoms with van der Waals surface area (Å²) in [6, 6.07) is 12.4. The van der Waals surface area contributed by atoms with Gasteiger partial charge in [-0.1, -0.05) is 58.5 Å². The minimum atomic E-state index is 0.824. The summed E-state index contributed by atoms with van der Waals surface area (Å²) >= 11 is 8.36. The lowest BCUT2D eigenvalue weighted by atomic mass is 10.1. The third-order valence-corrected chi connectivity index (χ3v) is 3.10. The lowest BCUT2D eigenvalue weighted by Crippen LogP contribution is -1.81. The zero-order valence-corrected chi connectivity index (χ0v) is 9.84. The summed E-state index contributed by atoms with van der Waals surface area (Å²) < 4.78 is 0.999. The van der Waals surface area contributed by atoms with Crippen molar-refractivity contribution >= 4 is 45.0 Å². The van der Waals surface area contributed by atoms with Gasteiger partial charge in [-0.05, 0) is 28.5 Å². The summed E-state index contributed by atoms with van der Waals surface area (Å²) in [5.41, 5.74) is 1.31. The second kappa shape index (κ2) is 3.84. The smallest absolute Gasteiger partial charge is 0.0415 e. The van der Waals surface area contributed by atoms with Gasteiger partial charge in [-0.2, -0.15) is 0 Å². The van der Waals surface area contributed by atoms with E-state index in [2.05, 4.69) is 40.8 Å². The highest BCUT2D eigenvalue weighted by molar-refractivity contribution is 14.1. The molecule has 0 saturated carbocycles. The summed E-state index contributed by atoms with van der Waals surface area (Å²) in [4.78, 5) is 0. The third-order valence-electron chi connectivity index (χ3n) is 2.06. The van der Waals surface area contributed by atoms with Crippen molar-refractivity contribution in [1.82, 2.24) is 0 Å². The molecule has 2 heteroatoms. The van der Waals surface area contributed by atoms with Crippen molar-refractivity contribution < 1.29 is 0 Å². The number of halogens is 2. The number of hydrogen-bond donors (Lipinski definition) is 0. The second-order valence-corrected chi connectivity index (χ2v) is 4.12. The Hall–Kier alpha value is -0.280. The number of benzene rings is 2. The molecule has 0 bridgehead atoms. The van der Waals surface area contributed by atoms with Gasteiger partial charge >= 0.3 is 0 Å². The van der Waals surface area contributed by atoms with Crippen molar-refractivity contribution in [2.75, 3.05) is 0 Å². The van der Waals surface area contributed by atoms with Gasteiger partial charge in [-0.15, -0.1) is 0 Å². The van der Waals surface area contributed by atoms with Gasteiger partial charge in [0, 0.05) is 9.45 Å². The first-order valence-electron chi connectivity index (χ1n) is 4.04. The Labute approximate surface area is 96.0 Å². The average Bonchev–Trinajstić information content (AvgIpc) is 2.16. The van der Waals surface area contributed by atoms with Crippen LogP contribution in [-0.4, -0.2) is 0 Å². The molecule has 0 atom stereocenters. The fraction of sp³-hybridized carbons (Fsp3) is 0.0909. The molecular weight excluding hydrogens is 294 g/mol. The van der Waals surface area contributed by atoms with Crippen LogP contribution in [0.1, 0.15) is 5.56 Å². The van der Waals surface area contributed by atoms with Gasteiger partial charge in [0.05, 0.1) is 0 Å². The Bertz CT molecular complexity index is 437. The molecule has 0 N–H and O–H groups in total. The SMILES string of the molecule is Clc1cc(CI)c2ccccc2c1. The van der Waals surface area contributed by atoms with Gasteiger partial charge in [0.25, 0.3) is 0 Å². The van der Waals surface area contributed by atoms with Crippen LogP contribution in [0.4, 0.5) is 0 Å². The maximum absolute atomic E-state index is 6.00. The monoisotopic (exact) mass is 302 g/mol. The zero-order valence-electron chi connectivity index (χ0n) is 6.93. The fourth-order valence-electron chi connectivity index (χ4n) is 1.46. The quantitative estimate of drug-likeness (QED) is 0.540. The van der Waals surface area contributed by atoms with E-state index in [1.54, 1.807) is 0 Å². The lowest BCUT2D eigenvalue weighted by molar-refractivity contribution is 1.51. The minimum Gasteiger partial charge on any atom is -0.0843 e. The highest BCUT2D eigenvalue weighted by atomic mass is 127. The van der Waals surface area contributed by atoms with Gasteiger partial charge in [0.1, 0.15) is 0 Å². The van der Waals surface area contributed by atoms with E-state index in [4.69, 9.17) is 11.6 Å². The molecule has 2 aromatic carbocycles. The zero-order chi connectivity index (χ0) is 9.26. The molecule has 2 rings (SSSR count). The maximum atomic E-state index is 6.00. The molecule has 0 nitrogen and oxygen atoms in total. The molecule has 0 amide bonds. The van der Waals surface area contributed by atoms with Crippen molar-refractivity contribution in [3.8, 4) is 0 Å². The summed E-state index contributed by atoms with van der Waals surface area (Å²) in [6.07, 6.45) is 0. The molecule has 0 aromatic heterocycles. The third kappa shape index (κ3) is 1.81. The summed E-state index contributed by atoms with van der Waals surface area (Å²) in [5, 5.41) is 3.35. The molecule has 0 unspecified atom stereocenters. The maximum Gasteiger partial charge on any atom is 0.0415 e. The van der Waals surface area contributed by atoms with Gasteiger partial charge in [0.15, 0.2) is 0 Å². The van der Waals surface area contributed by atoms with Gasteiger partial charge in [-0.3, -0.25) is 0 Å². The van der Waals surface area contributed by atoms with Crippen molar-refractivity contribution in [3.63, 3.8) is 0 Å². The lowest BCUT2D eigenvalue weighted by Gasteiger charge is -2.03. The standard InChI is InChI=1S/C11H8ClI/c12-10-5-8-3-1-2-4-11(8)9(6-10)7-13/h1-6H,7H2. The van der Waals surface area contributed by atoms with Crippen LogP contribution in [0.25, 0.3) is 10.8 Å². The van der Waals surface area contributed by atoms with Gasteiger partial charge < -0.3 is 0 Å². The Morgan fingerprint density at radius 3 is 2.69 bits per heavy atom. The van der Waals surface area contributed by atoms with E-state index in [0.717, 1.165) is 9.45 Å². The van der Waals surface area contributed by atoms with E-state index in [9.17, 15) is 0 Å². The largest absolute Gasteiger partial charge is 0.0843 e. The van der Waals surface area contributed by atoms with Crippen LogP contribution in [0.15, 0.2) is 36.4 Å². The van der Waals surface area contributed by atoms with E-state index < -0.39 is 0 Å². The van der Waals surface area contributed by atoms with Crippen molar-refractivity contribution in [2.45, 2.75) is 4.43 Å². The molecule has 0 aliphatic carbocycles. The van der Waals surface area contributed by atoms with E-state index in [0.29, 0.717) is 0 Å². The average molecular weight is 303 g/mol. The summed E-state index contributed by atoms with van der Waals surface area (Å²) in [5.74, 6) is 0. The highest BCUT2D eigenvalue weighted by Crippen LogP contribution is 2.25. The van der Waals surface area contributed by atoms with Crippen LogP contribution in [-0.2, 0) is 4.43 Å². The van der Waals surface area contributed by atoms with Crippen LogP contribution in [0, 0.1) is 0 Å². The van der Waals surface area contributed by atoms with E-state index in [1.165, 1.54) is 16.3 Å². The van der Waals surface area contributed by atoms with Crippen LogP contribution in [0.3, 0.4) is 0 Å². The molecule has 0 aliphatic rings. The van der Waals surface area contributed by atoms with E-state index in [1.807, 2.05) is 18.2 Å². The molecule has 0 radical (unpaired) electrons. The van der Waals surface area contributed by atoms with Crippen molar-refractivity contribution in [1.29, 1.82) is 0 Å². The second-order valence-electron chi connectivity index (χ2n) is 2.92. The Morgan fingerprint density at radius 2 is 1.92 bits per heavy atom. The van der Waals surface area contributed by atoms with Gasteiger partial charge in [-0.25, -0.2) is 0 Å². The van der Waals surface area contributed by atoms with Crippen molar-refractivity contribution in [2.24, 2.45) is 0 Å². The topological polar surface area (TPSA) is 0 Å². The first kappa shape index (κ1) is 9.28. The molecule has 66 valence electrons. The Kier molecular flexibility index (Phi) is 2.74. The highest BCUT2D eigenvalue weighted by Gasteiger charge is 2.00. The molecule has 0 saturated heterocycles. The van der Waals surface area contributed by atoms with Gasteiger partial charge in [0.2, 0.25) is 0 Å². The van der Waals surface area contributed by atoms with E-state index in [-0.39, 0.29) is 0 Å². The normalized spacial score (nSPS) is 10.6. The first-order valence-corrected chi connectivity index (χ1v) is 5.95. The Morgan fingerprint density at radius 1 is 1.15 bits per heavy atom. The molecule has 2 aromatic rings. The van der Waals surface area contributed by atoms with Crippen LogP contribution in [0.2, 0.25) is 5.02 Å². The number of hydrogen-bond acceptors (Lipinski definition) is 0. The molecule has 0 aliphatic heterocycles. The molecule has 0 spiro atoms. The summed E-state index contributed by atoms with van der Waals surface area (Å²) in [7, 11) is 0. The summed E-state index contributed by atoms with van der Waals surface area (Å²) in [6.45, 7) is 0. The molecule has 13 heavy (non-hydrogen) atoms. The fourth-order valence-corrected chi connectivity index (χ4v) is 2.34. The molecular formula is C11H8ClI. The predicted molar refractivity (Wildman–Crippen MR) is 66.7 cm³/mol. The van der Waals surface area contributed by atoms with Crippen LogP contribution < -0.4 is 0 Å². The number of alkyl halides is 1.